The van der Waals surface area contributed by atoms with Crippen LogP contribution in [0.3, 0.4) is 0 Å². The Morgan fingerprint density at radius 3 is 2.67 bits per heavy atom. The van der Waals surface area contributed by atoms with Crippen LogP contribution >= 0.6 is 0 Å². The Balaban J connectivity index is 1.64. The van der Waals surface area contributed by atoms with Crippen LogP contribution in [0.15, 0.2) is 70.2 Å². The lowest BCUT2D eigenvalue weighted by atomic mass is 10.1. The average Bonchev–Trinajstić information content (AvgIpc) is 3.33. The van der Waals surface area contributed by atoms with Crippen molar-refractivity contribution < 1.29 is 27.3 Å². The number of carbonyl (C=O) groups excluding carboxylic acids is 1. The highest BCUT2D eigenvalue weighted by Gasteiger charge is 2.22. The zero-order valence-corrected chi connectivity index (χ0v) is 17.9. The van der Waals surface area contributed by atoms with Crippen LogP contribution in [0.4, 0.5) is 11.4 Å². The summed E-state index contributed by atoms with van der Waals surface area (Å²) in [7, 11) is -4.24. The SMILES string of the molecule is N#Cc1ccccc1COC(=O)CNS(=O)(=O)c1ccc(NCc2ccco2)c([N+](=O)[O-])c1. The second-order valence-electron chi connectivity index (χ2n) is 6.62. The Bertz CT molecular complexity index is 1300. The maximum absolute atomic E-state index is 12.5. The number of ether oxygens (including phenoxy) is 1. The molecule has 0 saturated carbocycles. The molecule has 0 saturated heterocycles. The molecule has 1 aromatic heterocycles. The lowest BCUT2D eigenvalue weighted by Gasteiger charge is -2.10. The van der Waals surface area contributed by atoms with Gasteiger partial charge in [0.05, 0.1) is 34.3 Å². The topological polar surface area (TPSA) is 165 Å². The van der Waals surface area contributed by atoms with E-state index >= 15 is 0 Å². The van der Waals surface area contributed by atoms with Gasteiger partial charge in [-0.05, 0) is 30.3 Å². The maximum Gasteiger partial charge on any atom is 0.321 e. The van der Waals surface area contributed by atoms with Gasteiger partial charge in [-0.15, -0.1) is 0 Å². The Kier molecular flexibility index (Phi) is 7.39. The molecule has 0 spiro atoms. The molecule has 0 aliphatic heterocycles. The van der Waals surface area contributed by atoms with E-state index in [2.05, 4.69) is 10.0 Å². The smallest absolute Gasteiger partial charge is 0.321 e. The number of nitriles is 1. The van der Waals surface area contributed by atoms with E-state index in [4.69, 9.17) is 14.4 Å². The molecule has 3 aromatic rings. The summed E-state index contributed by atoms with van der Waals surface area (Å²) in [5.74, 6) is -0.337. The van der Waals surface area contributed by atoms with Crippen molar-refractivity contribution in [1.29, 1.82) is 5.26 Å². The summed E-state index contributed by atoms with van der Waals surface area (Å²) in [6.07, 6.45) is 1.46. The van der Waals surface area contributed by atoms with Crippen LogP contribution < -0.4 is 10.0 Å². The molecular weight excluding hydrogens is 452 g/mol. The van der Waals surface area contributed by atoms with Crippen molar-refractivity contribution >= 4 is 27.4 Å². The van der Waals surface area contributed by atoms with E-state index in [1.54, 1.807) is 36.4 Å². The predicted molar refractivity (Wildman–Crippen MR) is 115 cm³/mol. The van der Waals surface area contributed by atoms with Gasteiger partial charge in [-0.1, -0.05) is 18.2 Å². The van der Waals surface area contributed by atoms with E-state index in [0.29, 0.717) is 16.9 Å². The molecule has 170 valence electrons. The van der Waals surface area contributed by atoms with Crippen LogP contribution in [0.25, 0.3) is 0 Å². The molecule has 33 heavy (non-hydrogen) atoms. The first kappa shape index (κ1) is 23.5. The van der Waals surface area contributed by atoms with Crippen molar-refractivity contribution in [3.05, 3.63) is 87.9 Å². The zero-order chi connectivity index (χ0) is 23.8. The molecule has 0 radical (unpaired) electrons. The first-order valence-corrected chi connectivity index (χ1v) is 11.0. The first-order chi connectivity index (χ1) is 15.8. The number of nitrogens with zero attached hydrogens (tertiary/aromatic N) is 2. The van der Waals surface area contributed by atoms with Gasteiger partial charge in [0.25, 0.3) is 5.69 Å². The minimum Gasteiger partial charge on any atom is -0.467 e. The van der Waals surface area contributed by atoms with Crippen LogP contribution in [0, 0.1) is 21.4 Å². The number of sulfonamides is 1. The standard InChI is InChI=1S/C21H18N4O7S/c22-11-15-4-1-2-5-16(15)14-32-21(26)13-24-33(29,30)18-7-8-19(20(10-18)25(27)28)23-12-17-6-3-9-31-17/h1-10,23-24H,12-14H2. The van der Waals surface area contributed by atoms with Crippen LogP contribution in [0.1, 0.15) is 16.9 Å². The third-order valence-electron chi connectivity index (χ3n) is 4.44. The molecule has 3 rings (SSSR count). The molecule has 0 aliphatic rings. The maximum atomic E-state index is 12.5. The summed E-state index contributed by atoms with van der Waals surface area (Å²) in [5.41, 5.74) is 0.453. The Hall–Kier alpha value is -4.21. The highest BCUT2D eigenvalue weighted by atomic mass is 32.2. The van der Waals surface area contributed by atoms with Crippen LogP contribution in [0.2, 0.25) is 0 Å². The molecule has 1 heterocycles. The summed E-state index contributed by atoms with van der Waals surface area (Å²) < 4.78 is 37.3. The fraction of sp³-hybridized carbons (Fsp3) is 0.143. The molecule has 11 nitrogen and oxygen atoms in total. The number of carbonyl (C=O) groups is 1. The number of nitrogens with one attached hydrogen (secondary N) is 2. The summed E-state index contributed by atoms with van der Waals surface area (Å²) >= 11 is 0. The van der Waals surface area contributed by atoms with Crippen LogP contribution in [-0.2, 0) is 32.7 Å². The largest absolute Gasteiger partial charge is 0.467 e. The quantitative estimate of drug-likeness (QED) is 0.257. The van der Waals surface area contributed by atoms with Crippen molar-refractivity contribution in [2.45, 2.75) is 18.0 Å². The van der Waals surface area contributed by atoms with Gasteiger partial charge in [0, 0.05) is 11.6 Å². The van der Waals surface area contributed by atoms with Gasteiger partial charge in [0.1, 0.15) is 24.6 Å². The number of rotatable bonds is 10. The first-order valence-electron chi connectivity index (χ1n) is 9.48. The monoisotopic (exact) mass is 470 g/mol. The summed E-state index contributed by atoms with van der Waals surface area (Å²) in [5, 5.41) is 23.3. The van der Waals surface area contributed by atoms with Crippen molar-refractivity contribution in [1.82, 2.24) is 4.72 Å². The highest BCUT2D eigenvalue weighted by Crippen LogP contribution is 2.28. The number of furan rings is 1. The number of anilines is 1. The summed E-state index contributed by atoms with van der Waals surface area (Å²) in [6, 6.07) is 15.1. The fourth-order valence-electron chi connectivity index (χ4n) is 2.78. The van der Waals surface area contributed by atoms with E-state index in [-0.39, 0.29) is 23.7 Å². The van der Waals surface area contributed by atoms with Gasteiger partial charge in [-0.3, -0.25) is 14.9 Å². The molecule has 0 bridgehead atoms. The Labute approximate surface area is 188 Å². The lowest BCUT2D eigenvalue weighted by Crippen LogP contribution is -2.30. The van der Waals surface area contributed by atoms with Crippen molar-refractivity contribution in [2.24, 2.45) is 0 Å². The summed E-state index contributed by atoms with van der Waals surface area (Å²) in [6.45, 7) is -0.728. The zero-order valence-electron chi connectivity index (χ0n) is 17.1. The third-order valence-corrected chi connectivity index (χ3v) is 5.84. The number of esters is 1. The minimum absolute atomic E-state index is 0.103. The van der Waals surface area contributed by atoms with Gasteiger partial charge < -0.3 is 14.5 Å². The van der Waals surface area contributed by atoms with Crippen molar-refractivity contribution in [2.75, 3.05) is 11.9 Å². The van der Waals surface area contributed by atoms with Crippen molar-refractivity contribution in [3.63, 3.8) is 0 Å². The van der Waals surface area contributed by atoms with E-state index in [0.717, 1.165) is 6.07 Å². The van der Waals surface area contributed by atoms with Crippen molar-refractivity contribution in [3.8, 4) is 6.07 Å². The van der Waals surface area contributed by atoms with E-state index < -0.39 is 33.1 Å². The number of hydrogen-bond donors (Lipinski definition) is 2. The lowest BCUT2D eigenvalue weighted by molar-refractivity contribution is -0.384. The molecule has 0 aliphatic carbocycles. The molecular formula is C21H18N4O7S. The molecule has 0 amide bonds. The fourth-order valence-corrected chi connectivity index (χ4v) is 3.76. The average molecular weight is 470 g/mol. The van der Waals surface area contributed by atoms with E-state index in [1.165, 1.54) is 18.4 Å². The Morgan fingerprint density at radius 1 is 1.18 bits per heavy atom. The number of benzene rings is 2. The highest BCUT2D eigenvalue weighted by molar-refractivity contribution is 7.89. The van der Waals surface area contributed by atoms with Crippen LogP contribution in [0.5, 0.6) is 0 Å². The van der Waals surface area contributed by atoms with Gasteiger partial charge in [0.2, 0.25) is 10.0 Å². The van der Waals surface area contributed by atoms with Crippen LogP contribution in [-0.4, -0.2) is 25.9 Å². The second kappa shape index (κ2) is 10.4. The normalized spacial score (nSPS) is 10.9. The predicted octanol–water partition coefficient (Wildman–Crippen LogP) is 2.69. The van der Waals surface area contributed by atoms with Gasteiger partial charge in [0.15, 0.2) is 0 Å². The van der Waals surface area contributed by atoms with Gasteiger partial charge in [-0.2, -0.15) is 9.98 Å². The van der Waals surface area contributed by atoms with E-state index in [9.17, 15) is 23.3 Å². The number of hydrogen-bond acceptors (Lipinski definition) is 9. The Morgan fingerprint density at radius 2 is 1.97 bits per heavy atom. The van der Waals surface area contributed by atoms with Gasteiger partial charge in [-0.25, -0.2) is 8.42 Å². The summed E-state index contributed by atoms with van der Waals surface area (Å²) in [4.78, 5) is 22.3. The molecule has 12 heteroatoms. The number of nitro groups is 1. The minimum atomic E-state index is -4.24. The second-order valence-corrected chi connectivity index (χ2v) is 8.39. The number of nitro benzene ring substituents is 1. The molecule has 0 unspecified atom stereocenters. The molecule has 2 N–H and O–H groups in total. The van der Waals surface area contributed by atoms with E-state index in [1.807, 2.05) is 6.07 Å². The third kappa shape index (κ3) is 6.16. The molecule has 2 aromatic carbocycles. The van der Waals surface area contributed by atoms with Gasteiger partial charge >= 0.3 is 5.97 Å². The molecule has 0 fully saturated rings. The molecule has 0 atom stereocenters.